The third-order valence-electron chi connectivity index (χ3n) is 2.91. The standard InChI is InChI=1S/C14H25N5O2.ClH/c1-9(2)7-19-8-11(5-17-19)18-12(20)6-16-14(21)13(15)10(3)4;/h5,8-10,13H,6-7,15H2,1-4H3,(H,16,21)(H,18,20);1H/t13-;/m0./s1. The molecule has 22 heavy (non-hydrogen) atoms. The van der Waals surface area contributed by atoms with Crippen molar-refractivity contribution >= 4 is 29.9 Å². The Morgan fingerprint density at radius 2 is 1.95 bits per heavy atom. The van der Waals surface area contributed by atoms with Crippen LogP contribution < -0.4 is 16.4 Å². The molecule has 0 aliphatic heterocycles. The summed E-state index contributed by atoms with van der Waals surface area (Å²) in [6, 6.07) is -0.605. The maximum atomic E-state index is 11.7. The van der Waals surface area contributed by atoms with Gasteiger partial charge in [-0.15, -0.1) is 12.4 Å². The summed E-state index contributed by atoms with van der Waals surface area (Å²) in [6.07, 6.45) is 3.35. The zero-order valence-electron chi connectivity index (χ0n) is 13.5. The molecule has 4 N–H and O–H groups in total. The molecule has 0 bridgehead atoms. The molecule has 0 aliphatic carbocycles. The monoisotopic (exact) mass is 331 g/mol. The number of hydrogen-bond acceptors (Lipinski definition) is 4. The van der Waals surface area contributed by atoms with Crippen LogP contribution in [0.1, 0.15) is 27.7 Å². The molecule has 0 radical (unpaired) electrons. The highest BCUT2D eigenvalue weighted by Crippen LogP contribution is 2.06. The number of nitrogens with one attached hydrogen (secondary N) is 2. The molecule has 0 unspecified atom stereocenters. The molecular formula is C14H26ClN5O2. The maximum absolute atomic E-state index is 11.7. The second kappa shape index (κ2) is 9.42. The first-order chi connectivity index (χ1) is 9.79. The van der Waals surface area contributed by atoms with E-state index in [9.17, 15) is 9.59 Å². The average molecular weight is 332 g/mol. The van der Waals surface area contributed by atoms with Crippen molar-refractivity contribution < 1.29 is 9.59 Å². The van der Waals surface area contributed by atoms with Gasteiger partial charge < -0.3 is 16.4 Å². The van der Waals surface area contributed by atoms with Gasteiger partial charge in [0.15, 0.2) is 0 Å². The van der Waals surface area contributed by atoms with E-state index in [0.29, 0.717) is 11.6 Å². The highest BCUT2D eigenvalue weighted by Gasteiger charge is 2.17. The molecule has 2 amide bonds. The Morgan fingerprint density at radius 3 is 2.50 bits per heavy atom. The van der Waals surface area contributed by atoms with Crippen LogP contribution in [0.25, 0.3) is 0 Å². The summed E-state index contributed by atoms with van der Waals surface area (Å²) in [7, 11) is 0. The van der Waals surface area contributed by atoms with Crippen LogP contribution in [0.2, 0.25) is 0 Å². The molecule has 1 heterocycles. The number of carbonyl (C=O) groups excluding carboxylic acids is 2. The number of rotatable bonds is 7. The smallest absolute Gasteiger partial charge is 0.243 e. The third kappa shape index (κ3) is 6.91. The average Bonchev–Trinajstić information content (AvgIpc) is 2.81. The Hall–Kier alpha value is -1.60. The lowest BCUT2D eigenvalue weighted by Gasteiger charge is -2.14. The van der Waals surface area contributed by atoms with Crippen molar-refractivity contribution in [1.29, 1.82) is 0 Å². The molecule has 1 aromatic heterocycles. The molecule has 1 rings (SSSR count). The SMILES string of the molecule is CC(C)Cn1cc(NC(=O)CNC(=O)[C@@H](N)C(C)C)cn1.Cl. The fourth-order valence-electron chi connectivity index (χ4n) is 1.70. The van der Waals surface area contributed by atoms with Crippen LogP contribution in [0.15, 0.2) is 12.4 Å². The summed E-state index contributed by atoms with van der Waals surface area (Å²) in [5, 5.41) is 9.35. The predicted molar refractivity (Wildman–Crippen MR) is 88.8 cm³/mol. The molecule has 0 aromatic carbocycles. The summed E-state index contributed by atoms with van der Waals surface area (Å²) < 4.78 is 1.77. The van der Waals surface area contributed by atoms with E-state index in [-0.39, 0.29) is 36.7 Å². The van der Waals surface area contributed by atoms with E-state index in [2.05, 4.69) is 29.6 Å². The van der Waals surface area contributed by atoms with E-state index in [1.807, 2.05) is 13.8 Å². The molecule has 8 heteroatoms. The Kier molecular flexibility index (Phi) is 8.74. The molecular weight excluding hydrogens is 306 g/mol. The van der Waals surface area contributed by atoms with Gasteiger partial charge in [-0.3, -0.25) is 14.3 Å². The Bertz CT molecular complexity index is 487. The number of anilines is 1. The van der Waals surface area contributed by atoms with Crippen molar-refractivity contribution in [3.63, 3.8) is 0 Å². The summed E-state index contributed by atoms with van der Waals surface area (Å²) in [5.41, 5.74) is 6.31. The second-order valence-electron chi connectivity index (χ2n) is 5.88. The van der Waals surface area contributed by atoms with Gasteiger partial charge in [0.05, 0.1) is 24.5 Å². The van der Waals surface area contributed by atoms with Crippen LogP contribution in [0, 0.1) is 11.8 Å². The van der Waals surface area contributed by atoms with E-state index in [4.69, 9.17) is 5.73 Å². The van der Waals surface area contributed by atoms with Crippen molar-refractivity contribution in [2.45, 2.75) is 40.3 Å². The van der Waals surface area contributed by atoms with Crippen molar-refractivity contribution in [1.82, 2.24) is 15.1 Å². The van der Waals surface area contributed by atoms with Gasteiger partial charge in [-0.25, -0.2) is 0 Å². The maximum Gasteiger partial charge on any atom is 0.243 e. The Morgan fingerprint density at radius 1 is 1.32 bits per heavy atom. The lowest BCUT2D eigenvalue weighted by molar-refractivity contribution is -0.125. The van der Waals surface area contributed by atoms with Gasteiger partial charge in [0.1, 0.15) is 0 Å². The zero-order valence-corrected chi connectivity index (χ0v) is 14.3. The van der Waals surface area contributed by atoms with Crippen LogP contribution in [0.5, 0.6) is 0 Å². The number of hydrogen-bond donors (Lipinski definition) is 3. The molecule has 0 saturated carbocycles. The normalized spacial score (nSPS) is 12.0. The van der Waals surface area contributed by atoms with Gasteiger partial charge in [0.2, 0.25) is 11.8 Å². The van der Waals surface area contributed by atoms with Crippen LogP contribution in [-0.2, 0) is 16.1 Å². The highest BCUT2D eigenvalue weighted by atomic mass is 35.5. The van der Waals surface area contributed by atoms with Gasteiger partial charge in [0, 0.05) is 12.7 Å². The lowest BCUT2D eigenvalue weighted by Crippen LogP contribution is -2.46. The summed E-state index contributed by atoms with van der Waals surface area (Å²) >= 11 is 0. The highest BCUT2D eigenvalue weighted by molar-refractivity contribution is 5.95. The van der Waals surface area contributed by atoms with Gasteiger partial charge in [-0.05, 0) is 11.8 Å². The van der Waals surface area contributed by atoms with Crippen molar-refractivity contribution in [2.24, 2.45) is 17.6 Å². The first kappa shape index (κ1) is 20.4. The minimum absolute atomic E-state index is 0. The summed E-state index contributed by atoms with van der Waals surface area (Å²) in [5.74, 6) is -0.119. The predicted octanol–water partition coefficient (Wildman–Crippen LogP) is 0.999. The van der Waals surface area contributed by atoms with Crippen molar-refractivity contribution in [3.05, 3.63) is 12.4 Å². The molecule has 126 valence electrons. The molecule has 0 spiro atoms. The van der Waals surface area contributed by atoms with Gasteiger partial charge >= 0.3 is 0 Å². The molecule has 0 aliphatic rings. The number of nitrogens with zero attached hydrogens (tertiary/aromatic N) is 2. The molecule has 0 fully saturated rings. The molecule has 7 nitrogen and oxygen atoms in total. The van der Waals surface area contributed by atoms with E-state index < -0.39 is 6.04 Å². The molecule has 0 saturated heterocycles. The number of amides is 2. The first-order valence-corrected chi connectivity index (χ1v) is 7.15. The minimum atomic E-state index is -0.605. The van der Waals surface area contributed by atoms with Crippen molar-refractivity contribution in [3.8, 4) is 0 Å². The van der Waals surface area contributed by atoms with Crippen LogP contribution in [0.3, 0.4) is 0 Å². The number of carbonyl (C=O) groups is 2. The fourth-order valence-corrected chi connectivity index (χ4v) is 1.70. The number of halogens is 1. The van der Waals surface area contributed by atoms with Crippen molar-refractivity contribution in [2.75, 3.05) is 11.9 Å². The first-order valence-electron chi connectivity index (χ1n) is 7.15. The third-order valence-corrected chi connectivity index (χ3v) is 2.91. The fraction of sp³-hybridized carbons (Fsp3) is 0.643. The van der Waals surface area contributed by atoms with Crippen LogP contribution >= 0.6 is 12.4 Å². The molecule has 1 aromatic rings. The number of nitrogens with two attached hydrogens (primary N) is 1. The Balaban J connectivity index is 0.00000441. The van der Waals surface area contributed by atoms with Crippen LogP contribution in [0.4, 0.5) is 5.69 Å². The topological polar surface area (TPSA) is 102 Å². The van der Waals surface area contributed by atoms with E-state index in [0.717, 1.165) is 6.54 Å². The van der Waals surface area contributed by atoms with Gasteiger partial charge in [-0.1, -0.05) is 27.7 Å². The van der Waals surface area contributed by atoms with Gasteiger partial charge in [0.25, 0.3) is 0 Å². The Labute approximate surface area is 137 Å². The minimum Gasteiger partial charge on any atom is -0.346 e. The molecule has 1 atom stereocenters. The number of aromatic nitrogens is 2. The summed E-state index contributed by atoms with van der Waals surface area (Å²) in [6.45, 7) is 8.58. The summed E-state index contributed by atoms with van der Waals surface area (Å²) in [4.78, 5) is 23.4. The van der Waals surface area contributed by atoms with Crippen LogP contribution in [-0.4, -0.2) is 34.2 Å². The largest absolute Gasteiger partial charge is 0.346 e. The van der Waals surface area contributed by atoms with E-state index >= 15 is 0 Å². The van der Waals surface area contributed by atoms with Gasteiger partial charge in [-0.2, -0.15) is 5.10 Å². The van der Waals surface area contributed by atoms with E-state index in [1.165, 1.54) is 0 Å². The van der Waals surface area contributed by atoms with E-state index in [1.54, 1.807) is 17.1 Å². The lowest BCUT2D eigenvalue weighted by atomic mass is 10.1. The zero-order chi connectivity index (χ0) is 16.0. The second-order valence-corrected chi connectivity index (χ2v) is 5.88. The quantitative estimate of drug-likeness (QED) is 0.693.